The zero-order chi connectivity index (χ0) is 20.1. The van der Waals surface area contributed by atoms with Gasteiger partial charge in [0, 0.05) is 24.7 Å². The molecular weight excluding hydrogens is 357 g/mol. The molecule has 0 unspecified atom stereocenters. The molecule has 1 saturated heterocycles. The summed E-state index contributed by atoms with van der Waals surface area (Å²) < 4.78 is 0. The molecule has 0 amide bonds. The van der Waals surface area contributed by atoms with Crippen molar-refractivity contribution in [3.05, 3.63) is 54.6 Å². The van der Waals surface area contributed by atoms with Gasteiger partial charge in [-0.2, -0.15) is 0 Å². The Balaban J connectivity index is 1.64. The molecule has 7 nitrogen and oxygen atoms in total. The number of benzene rings is 2. The van der Waals surface area contributed by atoms with Crippen molar-refractivity contribution in [3.8, 4) is 11.1 Å². The zero-order valence-corrected chi connectivity index (χ0v) is 15.7. The molecule has 6 N–H and O–H groups in total. The highest BCUT2D eigenvalue weighted by Crippen LogP contribution is 2.31. The first-order chi connectivity index (χ1) is 13.4. The van der Waals surface area contributed by atoms with Gasteiger partial charge in [0.25, 0.3) is 0 Å². The third-order valence-electron chi connectivity index (χ3n) is 5.31. The average Bonchev–Trinajstić information content (AvgIpc) is 2.99. The monoisotopic (exact) mass is 383 g/mol. The molecule has 3 rings (SSSR count). The smallest absolute Gasteiger partial charge is 0.451 e. The van der Waals surface area contributed by atoms with Crippen LogP contribution in [0.4, 0.5) is 5.69 Å². The molecule has 28 heavy (non-hydrogen) atoms. The number of carboxylic acids is 1. The number of hydrogen-bond donors (Lipinski definition) is 5. The van der Waals surface area contributed by atoms with E-state index >= 15 is 0 Å². The Morgan fingerprint density at radius 2 is 1.79 bits per heavy atom. The highest BCUT2D eigenvalue weighted by molar-refractivity contribution is 6.40. The lowest BCUT2D eigenvalue weighted by Gasteiger charge is -2.25. The number of hydrazine groups is 1. The van der Waals surface area contributed by atoms with E-state index < -0.39 is 18.6 Å². The van der Waals surface area contributed by atoms with Gasteiger partial charge in [0.1, 0.15) is 5.54 Å². The van der Waals surface area contributed by atoms with Crippen molar-refractivity contribution in [2.45, 2.75) is 24.7 Å². The van der Waals surface area contributed by atoms with Crippen LogP contribution < -0.4 is 11.2 Å². The number of carboxylic acid groups (broad SMARTS) is 1. The molecular formula is C20H26BN3O4. The van der Waals surface area contributed by atoms with Gasteiger partial charge in [-0.15, -0.1) is 0 Å². The van der Waals surface area contributed by atoms with E-state index in [-0.39, 0.29) is 18.8 Å². The van der Waals surface area contributed by atoms with E-state index in [9.17, 15) is 9.90 Å². The summed E-state index contributed by atoms with van der Waals surface area (Å²) >= 11 is 0. The van der Waals surface area contributed by atoms with Crippen molar-refractivity contribution in [1.29, 1.82) is 0 Å². The largest absolute Gasteiger partial charge is 0.480 e. The summed E-state index contributed by atoms with van der Waals surface area (Å²) in [7, 11) is -1.38. The number of nitrogens with zero attached hydrogens (tertiary/aromatic N) is 1. The number of carbonyl (C=O) groups is 1. The van der Waals surface area contributed by atoms with Gasteiger partial charge < -0.3 is 26.3 Å². The molecule has 0 spiro atoms. The van der Waals surface area contributed by atoms with E-state index in [2.05, 4.69) is 5.43 Å². The normalized spacial score (nSPS) is 22.2. The van der Waals surface area contributed by atoms with Crippen molar-refractivity contribution in [2.24, 2.45) is 11.7 Å². The molecule has 148 valence electrons. The van der Waals surface area contributed by atoms with Crippen molar-refractivity contribution in [3.63, 3.8) is 0 Å². The van der Waals surface area contributed by atoms with Crippen molar-refractivity contribution in [2.75, 3.05) is 18.5 Å². The van der Waals surface area contributed by atoms with Gasteiger partial charge in [-0.3, -0.25) is 4.79 Å². The predicted octanol–water partition coefficient (Wildman–Crippen LogP) is 1.65. The minimum Gasteiger partial charge on any atom is -0.480 e. The van der Waals surface area contributed by atoms with Crippen molar-refractivity contribution >= 4 is 18.8 Å². The SMILES string of the molecule is N[C@@]1(C(=O)O)CN(Nc2ccc(-c3ccccc3)cc2)C[C@@H]1CCCB(O)O. The van der Waals surface area contributed by atoms with Crippen LogP contribution in [-0.4, -0.2) is 51.9 Å². The highest BCUT2D eigenvalue weighted by Gasteiger charge is 2.49. The van der Waals surface area contributed by atoms with Gasteiger partial charge in [0.05, 0.1) is 0 Å². The van der Waals surface area contributed by atoms with Gasteiger partial charge in [-0.05, 0) is 36.0 Å². The van der Waals surface area contributed by atoms with Crippen LogP contribution in [-0.2, 0) is 4.79 Å². The predicted molar refractivity (Wildman–Crippen MR) is 109 cm³/mol. The van der Waals surface area contributed by atoms with E-state index in [0.717, 1.165) is 16.8 Å². The van der Waals surface area contributed by atoms with Crippen LogP contribution in [0.5, 0.6) is 0 Å². The Kier molecular flexibility index (Phi) is 6.36. The van der Waals surface area contributed by atoms with Crippen molar-refractivity contribution in [1.82, 2.24) is 5.01 Å². The molecule has 0 bridgehead atoms. The Bertz CT molecular complexity index is 788. The maximum Gasteiger partial charge on any atom is 0.451 e. The molecule has 0 radical (unpaired) electrons. The van der Waals surface area contributed by atoms with E-state index in [0.29, 0.717) is 19.4 Å². The third-order valence-corrected chi connectivity index (χ3v) is 5.31. The van der Waals surface area contributed by atoms with Crippen LogP contribution in [0.3, 0.4) is 0 Å². The summed E-state index contributed by atoms with van der Waals surface area (Å²) in [6.07, 6.45) is 1.24. The van der Waals surface area contributed by atoms with E-state index in [1.807, 2.05) is 59.6 Å². The summed E-state index contributed by atoms with van der Waals surface area (Å²) in [6.45, 7) is 0.653. The van der Waals surface area contributed by atoms with Gasteiger partial charge in [0.2, 0.25) is 0 Å². The van der Waals surface area contributed by atoms with Gasteiger partial charge in [-0.1, -0.05) is 48.9 Å². The Morgan fingerprint density at radius 1 is 1.14 bits per heavy atom. The van der Waals surface area contributed by atoms with Gasteiger partial charge in [0.15, 0.2) is 0 Å². The minimum absolute atomic E-state index is 0.176. The number of anilines is 1. The maximum atomic E-state index is 11.8. The quantitative estimate of drug-likeness (QED) is 0.440. The minimum atomic E-state index is -1.38. The second kappa shape index (κ2) is 8.75. The molecule has 0 aromatic heterocycles. The zero-order valence-electron chi connectivity index (χ0n) is 15.7. The van der Waals surface area contributed by atoms with Gasteiger partial charge in [-0.25, -0.2) is 5.01 Å². The number of nitrogens with two attached hydrogens (primary N) is 1. The molecule has 2 aromatic rings. The summed E-state index contributed by atoms with van der Waals surface area (Å²) in [4.78, 5) is 11.8. The van der Waals surface area contributed by atoms with Crippen LogP contribution in [0.25, 0.3) is 11.1 Å². The molecule has 8 heteroatoms. The summed E-state index contributed by atoms with van der Waals surface area (Å²) in [5.74, 6) is -1.31. The fourth-order valence-electron chi connectivity index (χ4n) is 3.71. The molecule has 1 aliphatic heterocycles. The van der Waals surface area contributed by atoms with Crippen LogP contribution >= 0.6 is 0 Å². The Morgan fingerprint density at radius 3 is 2.39 bits per heavy atom. The fourth-order valence-corrected chi connectivity index (χ4v) is 3.71. The second-order valence-corrected chi connectivity index (χ2v) is 7.39. The number of hydrogen-bond acceptors (Lipinski definition) is 6. The Hall–Kier alpha value is -2.39. The lowest BCUT2D eigenvalue weighted by Crippen LogP contribution is -2.55. The van der Waals surface area contributed by atoms with Crippen LogP contribution in [0.15, 0.2) is 54.6 Å². The lowest BCUT2D eigenvalue weighted by atomic mass is 9.78. The molecule has 2 aromatic carbocycles. The van der Waals surface area contributed by atoms with Crippen LogP contribution in [0.2, 0.25) is 6.32 Å². The summed E-state index contributed by atoms with van der Waals surface area (Å²) in [5.41, 5.74) is 11.2. The fraction of sp³-hybridized carbons (Fsp3) is 0.350. The molecule has 1 fully saturated rings. The number of nitrogens with one attached hydrogen (secondary N) is 1. The van der Waals surface area contributed by atoms with Crippen LogP contribution in [0.1, 0.15) is 12.8 Å². The Labute approximate surface area is 164 Å². The maximum absolute atomic E-state index is 11.8. The van der Waals surface area contributed by atoms with Crippen LogP contribution in [0, 0.1) is 5.92 Å². The van der Waals surface area contributed by atoms with E-state index in [1.165, 1.54) is 0 Å². The molecule has 1 heterocycles. The molecule has 0 saturated carbocycles. The number of rotatable bonds is 8. The highest BCUT2D eigenvalue weighted by atomic mass is 16.4. The van der Waals surface area contributed by atoms with E-state index in [4.69, 9.17) is 15.8 Å². The third kappa shape index (κ3) is 4.71. The van der Waals surface area contributed by atoms with E-state index in [1.54, 1.807) is 0 Å². The first-order valence-corrected chi connectivity index (χ1v) is 9.44. The number of aliphatic carboxylic acids is 1. The average molecular weight is 383 g/mol. The topological polar surface area (TPSA) is 119 Å². The molecule has 1 aliphatic rings. The summed E-state index contributed by atoms with van der Waals surface area (Å²) in [5, 5.41) is 29.4. The first kappa shape index (κ1) is 20.4. The van der Waals surface area contributed by atoms with Crippen molar-refractivity contribution < 1.29 is 19.9 Å². The molecule has 2 atom stereocenters. The first-order valence-electron chi connectivity index (χ1n) is 9.44. The standard InChI is InChI=1S/C20H26BN3O4/c22-20(19(25)26)14-24(13-17(20)7-4-12-21(27)28)23-18-10-8-16(9-11-18)15-5-2-1-3-6-15/h1-3,5-6,8-11,17,23,27-28H,4,7,12-14,22H2,(H,25,26)/t17-,20-/m0/s1. The summed E-state index contributed by atoms with van der Waals surface area (Å²) in [6, 6.07) is 18.0. The molecule has 0 aliphatic carbocycles. The van der Waals surface area contributed by atoms with Gasteiger partial charge >= 0.3 is 13.1 Å². The second-order valence-electron chi connectivity index (χ2n) is 7.39. The lowest BCUT2D eigenvalue weighted by molar-refractivity contribution is -0.144.